The number of carbonyl (C=O) groups excluding carboxylic acids is 1. The number of rotatable bonds is 2. The van der Waals surface area contributed by atoms with Gasteiger partial charge in [-0.15, -0.1) is 0 Å². The average Bonchev–Trinajstić information content (AvgIpc) is 2.97. The van der Waals surface area contributed by atoms with Crippen molar-refractivity contribution in [3.63, 3.8) is 0 Å². The smallest absolute Gasteiger partial charge is 0.251 e. The van der Waals surface area contributed by atoms with Crippen LogP contribution in [0.25, 0.3) is 0 Å². The van der Waals surface area contributed by atoms with Crippen LogP contribution in [0.2, 0.25) is 0 Å². The Kier molecular flexibility index (Phi) is 2.84. The predicted octanol–water partition coefficient (Wildman–Crippen LogP) is 2.14. The van der Waals surface area contributed by atoms with Gasteiger partial charge in [-0.05, 0) is 55.7 Å². The van der Waals surface area contributed by atoms with Gasteiger partial charge in [-0.3, -0.25) is 4.79 Å². The second kappa shape index (κ2) is 4.59. The number of carbonyl (C=O) groups is 1. The first-order valence-electron chi connectivity index (χ1n) is 7.91. The molecule has 0 radical (unpaired) electrons. The van der Waals surface area contributed by atoms with Gasteiger partial charge in [0.05, 0.1) is 0 Å². The van der Waals surface area contributed by atoms with E-state index in [9.17, 15) is 4.79 Å². The van der Waals surface area contributed by atoms with Crippen LogP contribution in [0.15, 0.2) is 18.2 Å². The fourth-order valence-corrected chi connectivity index (χ4v) is 4.15. The molecule has 0 unspecified atom stereocenters. The molecule has 106 valence electrons. The number of fused-ring (bicyclic) bond motifs is 4. The van der Waals surface area contributed by atoms with E-state index in [4.69, 9.17) is 0 Å². The molecule has 3 nitrogen and oxygen atoms in total. The van der Waals surface area contributed by atoms with Crippen molar-refractivity contribution in [1.29, 1.82) is 0 Å². The third-order valence-corrected chi connectivity index (χ3v) is 5.49. The Hall–Kier alpha value is -1.35. The van der Waals surface area contributed by atoms with Crippen LogP contribution >= 0.6 is 0 Å². The summed E-state index contributed by atoms with van der Waals surface area (Å²) < 4.78 is 0. The summed E-state index contributed by atoms with van der Waals surface area (Å²) in [5.74, 6) is 0.166. The Morgan fingerprint density at radius 1 is 1.10 bits per heavy atom. The lowest BCUT2D eigenvalue weighted by Gasteiger charge is -2.48. The van der Waals surface area contributed by atoms with Crippen LogP contribution < -0.4 is 5.32 Å². The second-order valence-electron chi connectivity index (χ2n) is 6.62. The molecule has 0 spiro atoms. The van der Waals surface area contributed by atoms with Gasteiger partial charge in [-0.2, -0.15) is 0 Å². The zero-order valence-corrected chi connectivity index (χ0v) is 12.0. The number of hydrogen-bond donors (Lipinski definition) is 1. The normalized spacial score (nSPS) is 31.1. The minimum absolute atomic E-state index is 0.0765. The maximum absolute atomic E-state index is 12.7. The molecule has 4 aliphatic rings. The van der Waals surface area contributed by atoms with Crippen LogP contribution in [-0.4, -0.2) is 36.0 Å². The fraction of sp³-hybridized carbons (Fsp3) is 0.588. The number of piperidine rings is 3. The molecule has 3 fully saturated rings. The topological polar surface area (TPSA) is 32.3 Å². The minimum Gasteiger partial charge on any atom is -0.346 e. The SMILES string of the molecule is O=C(NC12CCN(CC1)CC2)c1cccc2c1CCC2. The number of amides is 1. The van der Waals surface area contributed by atoms with Crippen molar-refractivity contribution >= 4 is 5.91 Å². The van der Waals surface area contributed by atoms with E-state index in [0.29, 0.717) is 0 Å². The first-order valence-corrected chi connectivity index (χ1v) is 7.91. The molecule has 0 aromatic heterocycles. The molecule has 1 aromatic rings. The minimum atomic E-state index is 0.0765. The quantitative estimate of drug-likeness (QED) is 0.893. The van der Waals surface area contributed by atoms with Crippen molar-refractivity contribution < 1.29 is 4.79 Å². The van der Waals surface area contributed by atoms with Gasteiger partial charge in [0.1, 0.15) is 0 Å². The summed E-state index contributed by atoms with van der Waals surface area (Å²) in [6, 6.07) is 6.23. The molecule has 1 amide bonds. The molecular formula is C17H22N2O. The molecule has 3 heteroatoms. The predicted molar refractivity (Wildman–Crippen MR) is 79.0 cm³/mol. The highest BCUT2D eigenvalue weighted by atomic mass is 16.1. The third kappa shape index (κ3) is 1.96. The lowest BCUT2D eigenvalue weighted by molar-refractivity contribution is 0.0515. The Labute approximate surface area is 120 Å². The molecule has 3 heterocycles. The molecule has 3 saturated heterocycles. The van der Waals surface area contributed by atoms with Crippen molar-refractivity contribution in [1.82, 2.24) is 10.2 Å². The van der Waals surface area contributed by atoms with E-state index in [1.807, 2.05) is 12.1 Å². The molecule has 1 aliphatic carbocycles. The van der Waals surface area contributed by atoms with E-state index in [1.165, 1.54) is 17.5 Å². The van der Waals surface area contributed by atoms with Crippen molar-refractivity contribution in [3.8, 4) is 0 Å². The lowest BCUT2D eigenvalue weighted by Crippen LogP contribution is -2.61. The number of nitrogens with one attached hydrogen (secondary N) is 1. The van der Waals surface area contributed by atoms with Crippen molar-refractivity contribution in [2.75, 3.05) is 19.6 Å². The molecule has 1 N–H and O–H groups in total. The zero-order valence-electron chi connectivity index (χ0n) is 12.0. The summed E-state index contributed by atoms with van der Waals surface area (Å²) in [6.07, 6.45) is 6.76. The van der Waals surface area contributed by atoms with Crippen LogP contribution in [0, 0.1) is 0 Å². The van der Waals surface area contributed by atoms with Crippen LogP contribution in [0.3, 0.4) is 0 Å². The van der Waals surface area contributed by atoms with Gasteiger partial charge < -0.3 is 10.2 Å². The number of benzene rings is 1. The highest BCUT2D eigenvalue weighted by Gasteiger charge is 2.40. The number of nitrogens with zero attached hydrogens (tertiary/aromatic N) is 1. The van der Waals surface area contributed by atoms with E-state index in [1.54, 1.807) is 0 Å². The Bertz CT molecular complexity index is 530. The van der Waals surface area contributed by atoms with Crippen LogP contribution in [0.5, 0.6) is 0 Å². The van der Waals surface area contributed by atoms with E-state index in [0.717, 1.165) is 57.3 Å². The Balaban J connectivity index is 1.57. The summed E-state index contributed by atoms with van der Waals surface area (Å²) in [6.45, 7) is 3.44. The summed E-state index contributed by atoms with van der Waals surface area (Å²) in [5.41, 5.74) is 3.69. The number of hydrogen-bond acceptors (Lipinski definition) is 2. The van der Waals surface area contributed by atoms with Crippen LogP contribution in [0.1, 0.15) is 47.2 Å². The average molecular weight is 270 g/mol. The first kappa shape index (κ1) is 12.4. The highest BCUT2D eigenvalue weighted by Crippen LogP contribution is 2.33. The van der Waals surface area contributed by atoms with E-state index >= 15 is 0 Å². The largest absolute Gasteiger partial charge is 0.346 e. The van der Waals surface area contributed by atoms with Crippen LogP contribution in [0.4, 0.5) is 0 Å². The van der Waals surface area contributed by atoms with Crippen molar-refractivity contribution in [3.05, 3.63) is 34.9 Å². The van der Waals surface area contributed by atoms with Gasteiger partial charge in [0, 0.05) is 30.7 Å². The summed E-state index contributed by atoms with van der Waals surface area (Å²) in [7, 11) is 0. The van der Waals surface area contributed by atoms with E-state index in [2.05, 4.69) is 16.3 Å². The van der Waals surface area contributed by atoms with Crippen LogP contribution in [-0.2, 0) is 12.8 Å². The van der Waals surface area contributed by atoms with Gasteiger partial charge in [0.2, 0.25) is 0 Å². The first-order chi connectivity index (χ1) is 9.76. The molecule has 0 saturated carbocycles. The summed E-state index contributed by atoms with van der Waals surface area (Å²) in [4.78, 5) is 15.2. The fourth-order valence-electron chi connectivity index (χ4n) is 4.15. The standard InChI is InChI=1S/C17H22N2O/c20-16(15-6-2-4-13-3-1-5-14(13)15)18-17-7-10-19(11-8-17)12-9-17/h2,4,6H,1,3,5,7-12H2,(H,18,20). The second-order valence-corrected chi connectivity index (χ2v) is 6.62. The van der Waals surface area contributed by atoms with E-state index < -0.39 is 0 Å². The molecule has 5 rings (SSSR count). The molecule has 2 bridgehead atoms. The molecule has 1 aromatic carbocycles. The maximum Gasteiger partial charge on any atom is 0.251 e. The molecular weight excluding hydrogens is 248 g/mol. The monoisotopic (exact) mass is 270 g/mol. The zero-order chi connectivity index (χ0) is 13.6. The maximum atomic E-state index is 12.7. The Morgan fingerprint density at radius 3 is 2.60 bits per heavy atom. The number of aryl methyl sites for hydroxylation is 1. The van der Waals surface area contributed by atoms with Crippen molar-refractivity contribution in [2.24, 2.45) is 0 Å². The lowest BCUT2D eigenvalue weighted by atomic mass is 9.79. The molecule has 0 atom stereocenters. The van der Waals surface area contributed by atoms with Gasteiger partial charge in [-0.25, -0.2) is 0 Å². The van der Waals surface area contributed by atoms with E-state index in [-0.39, 0.29) is 11.4 Å². The third-order valence-electron chi connectivity index (χ3n) is 5.49. The molecule has 3 aliphatic heterocycles. The highest BCUT2D eigenvalue weighted by molar-refractivity contribution is 5.96. The Morgan fingerprint density at radius 2 is 1.85 bits per heavy atom. The van der Waals surface area contributed by atoms with Gasteiger partial charge in [0.25, 0.3) is 5.91 Å². The van der Waals surface area contributed by atoms with Crippen molar-refractivity contribution in [2.45, 2.75) is 44.1 Å². The molecule has 20 heavy (non-hydrogen) atoms. The van der Waals surface area contributed by atoms with Gasteiger partial charge in [-0.1, -0.05) is 12.1 Å². The summed E-state index contributed by atoms with van der Waals surface area (Å²) in [5, 5.41) is 3.40. The van der Waals surface area contributed by atoms with Gasteiger partial charge >= 0.3 is 0 Å². The van der Waals surface area contributed by atoms with Gasteiger partial charge in [0.15, 0.2) is 0 Å². The summed E-state index contributed by atoms with van der Waals surface area (Å²) >= 11 is 0.